The molecule has 8 nitrogen and oxygen atoms in total. The quantitative estimate of drug-likeness (QED) is 0.806. The second-order valence-corrected chi connectivity index (χ2v) is 5.05. The van der Waals surface area contributed by atoms with Crippen LogP contribution >= 0.6 is 11.3 Å². The van der Waals surface area contributed by atoms with Gasteiger partial charge in [0, 0.05) is 13.2 Å². The summed E-state index contributed by atoms with van der Waals surface area (Å²) in [6.07, 6.45) is 2.98. The van der Waals surface area contributed by atoms with Crippen LogP contribution in [0.15, 0.2) is 12.5 Å². The minimum atomic E-state index is -0.148. The Bertz CT molecular complexity index is 541. The summed E-state index contributed by atoms with van der Waals surface area (Å²) in [5.74, 6) is -0.148. The molecule has 20 heavy (non-hydrogen) atoms. The predicted octanol–water partition coefficient (Wildman–Crippen LogP) is 0.657. The molecular weight excluding hydrogens is 280 g/mol. The molecule has 0 aliphatic heterocycles. The number of aromatic nitrogens is 5. The van der Waals surface area contributed by atoms with Crippen LogP contribution in [0.5, 0.6) is 0 Å². The van der Waals surface area contributed by atoms with Gasteiger partial charge in [-0.2, -0.15) is 0 Å². The lowest BCUT2D eigenvalue weighted by atomic mass is 10.4. The van der Waals surface area contributed by atoms with Crippen LogP contribution in [-0.2, 0) is 11.3 Å². The van der Waals surface area contributed by atoms with Crippen molar-refractivity contribution in [2.45, 2.75) is 26.5 Å². The lowest BCUT2D eigenvalue weighted by Crippen LogP contribution is -2.26. The number of tetrazole rings is 1. The maximum atomic E-state index is 11.9. The zero-order valence-electron chi connectivity index (χ0n) is 11.3. The summed E-state index contributed by atoms with van der Waals surface area (Å²) in [5.41, 5.74) is 0. The van der Waals surface area contributed by atoms with Gasteiger partial charge in [-0.1, -0.05) is 0 Å². The van der Waals surface area contributed by atoms with E-state index in [1.165, 1.54) is 17.7 Å². The van der Waals surface area contributed by atoms with Gasteiger partial charge < -0.3 is 10.1 Å². The largest absolute Gasteiger partial charge is 0.372 e. The van der Waals surface area contributed by atoms with Gasteiger partial charge in [-0.3, -0.25) is 4.79 Å². The molecule has 0 bridgehead atoms. The highest BCUT2D eigenvalue weighted by molar-refractivity contribution is 7.13. The predicted molar refractivity (Wildman–Crippen MR) is 72.3 cm³/mol. The lowest BCUT2D eigenvalue weighted by Gasteiger charge is -2.06. The molecule has 0 aromatic carbocycles. The average Bonchev–Trinajstić information content (AvgIpc) is 3.10. The van der Waals surface area contributed by atoms with Crippen LogP contribution in [-0.4, -0.2) is 44.3 Å². The third-order valence-corrected chi connectivity index (χ3v) is 3.69. The molecule has 0 spiro atoms. The Hall–Kier alpha value is -1.87. The second kappa shape index (κ2) is 7.06. The molecule has 1 unspecified atom stereocenters. The zero-order chi connectivity index (χ0) is 14.4. The van der Waals surface area contributed by atoms with Crippen LogP contribution in [0.4, 0.5) is 0 Å². The molecule has 1 atom stereocenters. The summed E-state index contributed by atoms with van der Waals surface area (Å²) in [5, 5.41) is 14.3. The molecule has 2 rings (SSSR count). The number of hydrogen-bond donors (Lipinski definition) is 1. The van der Waals surface area contributed by atoms with Crippen LogP contribution < -0.4 is 5.32 Å². The number of carbonyl (C=O) groups excluding carboxylic acids is 1. The number of ether oxygens (including phenoxy) is 1. The van der Waals surface area contributed by atoms with Gasteiger partial charge in [0.2, 0.25) is 0 Å². The van der Waals surface area contributed by atoms with E-state index in [0.717, 1.165) is 5.01 Å². The molecule has 2 aromatic rings. The van der Waals surface area contributed by atoms with Crippen molar-refractivity contribution in [1.82, 2.24) is 30.5 Å². The van der Waals surface area contributed by atoms with Gasteiger partial charge in [0.15, 0.2) is 0 Å². The highest BCUT2D eigenvalue weighted by Crippen LogP contribution is 2.22. The van der Waals surface area contributed by atoms with Crippen LogP contribution in [0.1, 0.15) is 34.6 Å². The summed E-state index contributed by atoms with van der Waals surface area (Å²) < 4.78 is 6.99. The van der Waals surface area contributed by atoms with Crippen molar-refractivity contribution in [3.8, 4) is 0 Å². The van der Waals surface area contributed by atoms with E-state index >= 15 is 0 Å². The summed E-state index contributed by atoms with van der Waals surface area (Å²) in [4.78, 5) is 16.7. The van der Waals surface area contributed by atoms with Crippen molar-refractivity contribution in [2.75, 3.05) is 13.2 Å². The van der Waals surface area contributed by atoms with Crippen molar-refractivity contribution in [1.29, 1.82) is 0 Å². The Labute approximate surface area is 120 Å². The van der Waals surface area contributed by atoms with Crippen molar-refractivity contribution in [3.05, 3.63) is 22.4 Å². The van der Waals surface area contributed by atoms with E-state index in [1.54, 1.807) is 10.9 Å². The number of thiazole rings is 1. The number of nitrogens with zero attached hydrogens (tertiary/aromatic N) is 5. The van der Waals surface area contributed by atoms with E-state index in [4.69, 9.17) is 4.74 Å². The van der Waals surface area contributed by atoms with Crippen LogP contribution in [0, 0.1) is 0 Å². The SMILES string of the molecule is CCOC(C)c1ncc(C(=O)NCCn2cnnn2)s1. The van der Waals surface area contributed by atoms with Gasteiger partial charge in [0.05, 0.1) is 12.7 Å². The van der Waals surface area contributed by atoms with Gasteiger partial charge in [-0.25, -0.2) is 9.67 Å². The highest BCUT2D eigenvalue weighted by Gasteiger charge is 2.14. The maximum Gasteiger partial charge on any atom is 0.263 e. The molecule has 0 aliphatic rings. The lowest BCUT2D eigenvalue weighted by molar-refractivity contribution is 0.0762. The summed E-state index contributed by atoms with van der Waals surface area (Å²) >= 11 is 1.34. The van der Waals surface area contributed by atoms with E-state index in [9.17, 15) is 4.79 Å². The first-order valence-corrected chi connectivity index (χ1v) is 7.08. The van der Waals surface area contributed by atoms with Gasteiger partial charge in [-0.05, 0) is 24.3 Å². The zero-order valence-corrected chi connectivity index (χ0v) is 12.1. The molecule has 0 radical (unpaired) electrons. The van der Waals surface area contributed by atoms with Gasteiger partial charge in [0.1, 0.15) is 22.3 Å². The molecule has 0 saturated heterocycles. The number of nitrogens with one attached hydrogen (secondary N) is 1. The number of hydrogen-bond acceptors (Lipinski definition) is 7. The average molecular weight is 296 g/mol. The van der Waals surface area contributed by atoms with E-state index < -0.39 is 0 Å². The van der Waals surface area contributed by atoms with E-state index in [1.807, 2.05) is 13.8 Å². The fraction of sp³-hybridized carbons (Fsp3) is 0.545. The fourth-order valence-corrected chi connectivity index (χ4v) is 2.39. The molecule has 9 heteroatoms. The molecule has 2 heterocycles. The summed E-state index contributed by atoms with van der Waals surface area (Å²) in [6, 6.07) is 0. The normalized spacial score (nSPS) is 12.3. The number of carbonyl (C=O) groups is 1. The van der Waals surface area contributed by atoms with Crippen molar-refractivity contribution < 1.29 is 9.53 Å². The first-order chi connectivity index (χ1) is 9.70. The molecule has 2 aromatic heterocycles. The standard InChI is InChI=1S/C11H16N6O2S/c1-3-19-8(2)11-13-6-9(20-11)10(18)12-4-5-17-7-14-15-16-17/h6-8H,3-5H2,1-2H3,(H,12,18). The minimum absolute atomic E-state index is 0.0900. The van der Waals surface area contributed by atoms with Crippen molar-refractivity contribution in [3.63, 3.8) is 0 Å². The molecule has 1 amide bonds. The maximum absolute atomic E-state index is 11.9. The monoisotopic (exact) mass is 296 g/mol. The van der Waals surface area contributed by atoms with Gasteiger partial charge in [0.25, 0.3) is 5.91 Å². The molecule has 0 saturated carbocycles. The van der Waals surface area contributed by atoms with Crippen LogP contribution in [0.3, 0.4) is 0 Å². The third kappa shape index (κ3) is 3.81. The van der Waals surface area contributed by atoms with Crippen LogP contribution in [0.25, 0.3) is 0 Å². The third-order valence-electron chi connectivity index (χ3n) is 2.53. The molecule has 0 fully saturated rings. The number of rotatable bonds is 7. The van der Waals surface area contributed by atoms with E-state index in [0.29, 0.717) is 24.6 Å². The highest BCUT2D eigenvalue weighted by atomic mass is 32.1. The summed E-state index contributed by atoms with van der Waals surface area (Å²) in [7, 11) is 0. The second-order valence-electron chi connectivity index (χ2n) is 3.99. The first-order valence-electron chi connectivity index (χ1n) is 6.27. The molecular formula is C11H16N6O2S. The molecule has 1 N–H and O–H groups in total. The smallest absolute Gasteiger partial charge is 0.263 e. The number of amides is 1. The first kappa shape index (κ1) is 14.5. The van der Waals surface area contributed by atoms with E-state index in [-0.39, 0.29) is 12.0 Å². The van der Waals surface area contributed by atoms with Crippen molar-refractivity contribution in [2.24, 2.45) is 0 Å². The van der Waals surface area contributed by atoms with Gasteiger partial charge in [-0.15, -0.1) is 16.4 Å². The van der Waals surface area contributed by atoms with Gasteiger partial charge >= 0.3 is 0 Å². The Morgan fingerprint density at radius 3 is 3.15 bits per heavy atom. The Morgan fingerprint density at radius 1 is 1.60 bits per heavy atom. The Kier molecular flexibility index (Phi) is 5.13. The fourth-order valence-electron chi connectivity index (χ4n) is 1.56. The molecule has 108 valence electrons. The van der Waals surface area contributed by atoms with E-state index in [2.05, 4.69) is 25.8 Å². The van der Waals surface area contributed by atoms with Crippen LogP contribution in [0.2, 0.25) is 0 Å². The Balaban J connectivity index is 1.83. The summed E-state index contributed by atoms with van der Waals surface area (Å²) in [6.45, 7) is 5.45. The minimum Gasteiger partial charge on any atom is -0.372 e. The van der Waals surface area contributed by atoms with Crippen molar-refractivity contribution >= 4 is 17.2 Å². The topological polar surface area (TPSA) is 94.8 Å². The molecule has 0 aliphatic carbocycles. The Morgan fingerprint density at radius 2 is 2.45 bits per heavy atom.